The third-order valence-electron chi connectivity index (χ3n) is 3.14. The van der Waals surface area contributed by atoms with Crippen molar-refractivity contribution in [3.8, 4) is 17.1 Å². The monoisotopic (exact) mass is 305 g/mol. The molecule has 0 aliphatic rings. The summed E-state index contributed by atoms with van der Waals surface area (Å²) >= 11 is 5.98. The summed E-state index contributed by atoms with van der Waals surface area (Å²) in [5.74, 6) is -1.13. The summed E-state index contributed by atoms with van der Waals surface area (Å²) in [5.41, 5.74) is 0.705. The Labute approximate surface area is 124 Å². The summed E-state index contributed by atoms with van der Waals surface area (Å²) < 4.78 is 29.6. The van der Waals surface area contributed by atoms with Crippen molar-refractivity contribution in [2.75, 3.05) is 0 Å². The van der Waals surface area contributed by atoms with E-state index in [9.17, 15) is 8.78 Å². The van der Waals surface area contributed by atoms with Gasteiger partial charge in [0.15, 0.2) is 11.6 Å². The van der Waals surface area contributed by atoms with E-state index in [0.29, 0.717) is 11.1 Å². The van der Waals surface area contributed by atoms with Crippen molar-refractivity contribution in [3.63, 3.8) is 0 Å². The first-order valence-corrected chi connectivity index (χ1v) is 6.58. The first-order chi connectivity index (χ1) is 10.1. The van der Waals surface area contributed by atoms with Crippen LogP contribution in [-0.2, 0) is 0 Å². The third-order valence-corrected chi connectivity index (χ3v) is 3.38. The minimum Gasteiger partial charge on any atom is -0.260 e. The van der Waals surface area contributed by atoms with Gasteiger partial charge >= 0.3 is 0 Å². The zero-order valence-electron chi connectivity index (χ0n) is 11.0. The number of nitrogens with zero attached hydrogens (tertiary/aromatic N) is 3. The molecule has 2 aromatic carbocycles. The van der Waals surface area contributed by atoms with Crippen molar-refractivity contribution in [3.05, 3.63) is 64.9 Å². The number of rotatable bonds is 2. The van der Waals surface area contributed by atoms with Crippen molar-refractivity contribution in [2.45, 2.75) is 6.92 Å². The minimum absolute atomic E-state index is 0.0998. The summed E-state index contributed by atoms with van der Waals surface area (Å²) in [5, 5.41) is 7.55. The fraction of sp³-hybridized carbons (Fsp3) is 0.0667. The highest BCUT2D eigenvalue weighted by Gasteiger charge is 2.21. The molecule has 0 atom stereocenters. The largest absolute Gasteiger partial charge is 0.260 e. The highest BCUT2D eigenvalue weighted by atomic mass is 35.5. The number of hydrogen-bond donors (Lipinski definition) is 0. The van der Waals surface area contributed by atoms with E-state index in [-0.39, 0.29) is 16.8 Å². The number of aromatic nitrogens is 3. The molecule has 0 N–H and O–H groups in total. The Hall–Kier alpha value is -2.27. The van der Waals surface area contributed by atoms with Crippen molar-refractivity contribution < 1.29 is 8.78 Å². The van der Waals surface area contributed by atoms with E-state index in [1.165, 1.54) is 16.7 Å². The Balaban J connectivity index is 2.30. The fourth-order valence-electron chi connectivity index (χ4n) is 2.08. The first-order valence-electron chi connectivity index (χ1n) is 6.21. The van der Waals surface area contributed by atoms with Crippen LogP contribution in [0.2, 0.25) is 5.28 Å². The average Bonchev–Trinajstić information content (AvgIpc) is 2.87. The Morgan fingerprint density at radius 2 is 1.71 bits per heavy atom. The van der Waals surface area contributed by atoms with Gasteiger partial charge in [0.25, 0.3) is 0 Å². The summed E-state index contributed by atoms with van der Waals surface area (Å²) in [6.45, 7) is 1.55. The van der Waals surface area contributed by atoms with Crippen LogP contribution in [0.5, 0.6) is 0 Å². The van der Waals surface area contributed by atoms with Gasteiger partial charge in [0, 0.05) is 5.56 Å². The molecule has 3 rings (SSSR count). The molecule has 1 aromatic heterocycles. The van der Waals surface area contributed by atoms with Crippen LogP contribution in [0.4, 0.5) is 8.78 Å². The molecule has 0 radical (unpaired) electrons. The van der Waals surface area contributed by atoms with Gasteiger partial charge in [0.2, 0.25) is 5.28 Å². The van der Waals surface area contributed by atoms with E-state index in [1.807, 2.05) is 6.07 Å². The second kappa shape index (κ2) is 5.26. The Morgan fingerprint density at radius 3 is 2.43 bits per heavy atom. The fourth-order valence-corrected chi connectivity index (χ4v) is 2.29. The number of hydrogen-bond acceptors (Lipinski definition) is 2. The maximum absolute atomic E-state index is 14.3. The van der Waals surface area contributed by atoms with Crippen LogP contribution in [0, 0.1) is 18.6 Å². The van der Waals surface area contributed by atoms with Crippen LogP contribution in [0.3, 0.4) is 0 Å². The van der Waals surface area contributed by atoms with E-state index in [4.69, 9.17) is 11.6 Å². The van der Waals surface area contributed by atoms with E-state index in [1.54, 1.807) is 31.2 Å². The summed E-state index contributed by atoms with van der Waals surface area (Å²) in [6, 6.07) is 11.5. The predicted molar refractivity (Wildman–Crippen MR) is 76.5 cm³/mol. The smallest absolute Gasteiger partial charge is 0.230 e. The van der Waals surface area contributed by atoms with Crippen LogP contribution >= 0.6 is 11.6 Å². The zero-order valence-corrected chi connectivity index (χ0v) is 11.8. The van der Waals surface area contributed by atoms with Gasteiger partial charge in [-0.15, -0.1) is 10.2 Å². The number of aryl methyl sites for hydroxylation is 1. The molecule has 6 heteroatoms. The molecular weight excluding hydrogens is 296 g/mol. The molecular formula is C15H10ClF2N3. The summed E-state index contributed by atoms with van der Waals surface area (Å²) in [6.07, 6.45) is 0. The zero-order chi connectivity index (χ0) is 15.0. The van der Waals surface area contributed by atoms with E-state index >= 15 is 0 Å². The highest BCUT2D eigenvalue weighted by Crippen LogP contribution is 2.29. The molecule has 0 amide bonds. The van der Waals surface area contributed by atoms with E-state index in [0.717, 1.165) is 0 Å². The molecule has 0 bridgehead atoms. The minimum atomic E-state index is -0.725. The molecule has 0 aliphatic heterocycles. The second-order valence-electron chi connectivity index (χ2n) is 4.52. The van der Waals surface area contributed by atoms with Gasteiger partial charge in [-0.1, -0.05) is 36.4 Å². The summed E-state index contributed by atoms with van der Waals surface area (Å²) in [7, 11) is 0. The number of halogens is 3. The van der Waals surface area contributed by atoms with Crippen molar-refractivity contribution in [2.24, 2.45) is 0 Å². The molecule has 1 heterocycles. The molecule has 3 aromatic rings. The maximum atomic E-state index is 14.3. The van der Waals surface area contributed by atoms with E-state index < -0.39 is 11.6 Å². The predicted octanol–water partition coefficient (Wildman–Crippen LogP) is 4.17. The van der Waals surface area contributed by atoms with Gasteiger partial charge in [-0.2, -0.15) is 0 Å². The normalized spacial score (nSPS) is 10.9. The standard InChI is InChI=1S/C15H10ClF2N3/c1-9-7-8-11(17)13(12(9)18)21-14(19-20-15(21)16)10-5-3-2-4-6-10/h2-8H,1H3. The first kappa shape index (κ1) is 13.7. The van der Waals surface area contributed by atoms with Gasteiger partial charge in [-0.05, 0) is 30.2 Å². The van der Waals surface area contributed by atoms with E-state index in [2.05, 4.69) is 10.2 Å². The van der Waals surface area contributed by atoms with Crippen LogP contribution < -0.4 is 0 Å². The second-order valence-corrected chi connectivity index (χ2v) is 4.86. The Bertz CT molecular complexity index is 800. The highest BCUT2D eigenvalue weighted by molar-refractivity contribution is 6.28. The quantitative estimate of drug-likeness (QED) is 0.711. The molecule has 0 unspecified atom stereocenters. The van der Waals surface area contributed by atoms with Crippen LogP contribution in [0.1, 0.15) is 5.56 Å². The SMILES string of the molecule is Cc1ccc(F)c(-n2c(Cl)nnc2-c2ccccc2)c1F. The molecule has 0 fully saturated rings. The molecule has 0 spiro atoms. The van der Waals surface area contributed by atoms with Gasteiger partial charge < -0.3 is 0 Å². The van der Waals surface area contributed by atoms with Crippen LogP contribution in [0.25, 0.3) is 17.1 Å². The van der Waals surface area contributed by atoms with Crippen molar-refractivity contribution >= 4 is 11.6 Å². The Kier molecular flexibility index (Phi) is 3.43. The van der Waals surface area contributed by atoms with Crippen molar-refractivity contribution in [1.29, 1.82) is 0 Å². The van der Waals surface area contributed by atoms with Crippen LogP contribution in [0.15, 0.2) is 42.5 Å². The van der Waals surface area contributed by atoms with Crippen molar-refractivity contribution in [1.82, 2.24) is 14.8 Å². The molecule has 106 valence electrons. The molecule has 0 aliphatic carbocycles. The van der Waals surface area contributed by atoms with Gasteiger partial charge in [-0.25, -0.2) is 8.78 Å². The maximum Gasteiger partial charge on any atom is 0.230 e. The lowest BCUT2D eigenvalue weighted by Crippen LogP contribution is -2.05. The lowest BCUT2D eigenvalue weighted by Gasteiger charge is -2.11. The number of benzene rings is 2. The lowest BCUT2D eigenvalue weighted by molar-refractivity contribution is 0.564. The molecule has 0 saturated carbocycles. The van der Waals surface area contributed by atoms with Crippen LogP contribution in [-0.4, -0.2) is 14.8 Å². The van der Waals surface area contributed by atoms with Gasteiger partial charge in [0.1, 0.15) is 11.5 Å². The van der Waals surface area contributed by atoms with Gasteiger partial charge in [0.05, 0.1) is 0 Å². The van der Waals surface area contributed by atoms with Gasteiger partial charge in [-0.3, -0.25) is 4.57 Å². The lowest BCUT2D eigenvalue weighted by atomic mass is 10.1. The molecule has 21 heavy (non-hydrogen) atoms. The summed E-state index contributed by atoms with van der Waals surface area (Å²) in [4.78, 5) is 0. The molecule has 3 nitrogen and oxygen atoms in total. The Morgan fingerprint density at radius 1 is 1.00 bits per heavy atom. The molecule has 0 saturated heterocycles. The average molecular weight is 306 g/mol. The third kappa shape index (κ3) is 2.29. The topological polar surface area (TPSA) is 30.7 Å².